The maximum absolute atomic E-state index is 12.2. The molecular formula is C14H18F3N3O. The Kier molecular flexibility index (Phi) is 5.03. The number of likely N-dealkylation sites (tertiary alicyclic amines) is 1. The summed E-state index contributed by atoms with van der Waals surface area (Å²) in [6.07, 6.45) is 2.36. The average molecular weight is 301 g/mol. The molecule has 1 aromatic rings. The number of carbonyl (C=O) groups excluding carboxylic acids is 1. The summed E-state index contributed by atoms with van der Waals surface area (Å²) in [5.74, 6) is 0. The van der Waals surface area contributed by atoms with Crippen LogP contribution in [0.2, 0.25) is 0 Å². The number of urea groups is 1. The van der Waals surface area contributed by atoms with Crippen LogP contribution in [0.25, 0.3) is 0 Å². The van der Waals surface area contributed by atoms with Gasteiger partial charge in [0.05, 0.1) is 6.04 Å². The first kappa shape index (κ1) is 15.6. The highest BCUT2D eigenvalue weighted by Gasteiger charge is 2.31. The van der Waals surface area contributed by atoms with Crippen molar-refractivity contribution in [2.75, 3.05) is 13.1 Å². The molecule has 1 aromatic heterocycles. The zero-order chi connectivity index (χ0) is 15.3. The van der Waals surface area contributed by atoms with Crippen molar-refractivity contribution in [3.63, 3.8) is 0 Å². The van der Waals surface area contributed by atoms with Gasteiger partial charge in [0, 0.05) is 18.9 Å². The van der Waals surface area contributed by atoms with Gasteiger partial charge in [-0.3, -0.25) is 4.98 Å². The Morgan fingerprint density at radius 3 is 2.67 bits per heavy atom. The molecule has 0 aliphatic carbocycles. The van der Waals surface area contributed by atoms with Gasteiger partial charge in [-0.2, -0.15) is 13.2 Å². The van der Waals surface area contributed by atoms with E-state index in [0.717, 1.165) is 31.2 Å². The number of amides is 2. The average Bonchev–Trinajstić information content (AvgIpc) is 2.70. The Morgan fingerprint density at radius 1 is 1.29 bits per heavy atom. The molecule has 0 saturated carbocycles. The van der Waals surface area contributed by atoms with E-state index in [1.54, 1.807) is 24.5 Å². The maximum Gasteiger partial charge on any atom is 0.405 e. The molecule has 1 saturated heterocycles. The first-order valence-corrected chi connectivity index (χ1v) is 6.98. The number of alkyl halides is 3. The lowest BCUT2D eigenvalue weighted by molar-refractivity contribution is -0.123. The molecule has 1 aliphatic rings. The van der Waals surface area contributed by atoms with Gasteiger partial charge >= 0.3 is 12.2 Å². The van der Waals surface area contributed by atoms with Crippen LogP contribution in [0.5, 0.6) is 0 Å². The van der Waals surface area contributed by atoms with Crippen LogP contribution in [0.3, 0.4) is 0 Å². The predicted octanol–water partition coefficient (Wildman–Crippen LogP) is 3.27. The van der Waals surface area contributed by atoms with Gasteiger partial charge in [0.2, 0.25) is 0 Å². The summed E-state index contributed by atoms with van der Waals surface area (Å²) in [5, 5.41) is 1.97. The van der Waals surface area contributed by atoms with E-state index in [1.807, 2.05) is 5.32 Å². The van der Waals surface area contributed by atoms with Crippen molar-refractivity contribution in [3.8, 4) is 0 Å². The quantitative estimate of drug-likeness (QED) is 0.911. The zero-order valence-electron chi connectivity index (χ0n) is 11.6. The molecule has 116 valence electrons. The van der Waals surface area contributed by atoms with E-state index in [9.17, 15) is 18.0 Å². The Balaban J connectivity index is 2.10. The predicted molar refractivity (Wildman–Crippen MR) is 71.6 cm³/mol. The summed E-state index contributed by atoms with van der Waals surface area (Å²) >= 11 is 0. The van der Waals surface area contributed by atoms with Gasteiger partial charge in [0.25, 0.3) is 0 Å². The van der Waals surface area contributed by atoms with Crippen molar-refractivity contribution >= 4 is 6.03 Å². The number of carbonyl (C=O) groups is 1. The fourth-order valence-corrected chi connectivity index (χ4v) is 2.56. The Morgan fingerprint density at radius 2 is 2.00 bits per heavy atom. The van der Waals surface area contributed by atoms with Crippen LogP contribution in [0.15, 0.2) is 24.5 Å². The van der Waals surface area contributed by atoms with Gasteiger partial charge in [0.15, 0.2) is 0 Å². The first-order valence-electron chi connectivity index (χ1n) is 6.98. The topological polar surface area (TPSA) is 45.2 Å². The zero-order valence-corrected chi connectivity index (χ0v) is 11.6. The third-order valence-corrected chi connectivity index (χ3v) is 3.54. The molecule has 7 heteroatoms. The number of rotatable bonds is 2. The van der Waals surface area contributed by atoms with E-state index < -0.39 is 18.8 Å². The maximum atomic E-state index is 12.2. The van der Waals surface area contributed by atoms with Crippen LogP contribution < -0.4 is 5.32 Å². The summed E-state index contributed by atoms with van der Waals surface area (Å²) in [5.41, 5.74) is 0.911. The second-order valence-electron chi connectivity index (χ2n) is 5.11. The number of pyridine rings is 1. The van der Waals surface area contributed by atoms with Crippen LogP contribution in [0, 0.1) is 0 Å². The Labute approximate surface area is 121 Å². The van der Waals surface area contributed by atoms with Crippen LogP contribution in [-0.2, 0) is 0 Å². The largest absolute Gasteiger partial charge is 0.405 e. The van der Waals surface area contributed by atoms with E-state index in [2.05, 4.69) is 4.98 Å². The molecule has 0 unspecified atom stereocenters. The summed E-state index contributed by atoms with van der Waals surface area (Å²) in [7, 11) is 0. The summed E-state index contributed by atoms with van der Waals surface area (Å²) in [6, 6.07) is 2.76. The molecule has 2 rings (SSSR count). The number of hydrogen-bond acceptors (Lipinski definition) is 2. The monoisotopic (exact) mass is 301 g/mol. The van der Waals surface area contributed by atoms with E-state index >= 15 is 0 Å². The molecule has 1 fully saturated rings. The molecule has 2 amide bonds. The molecule has 0 bridgehead atoms. The normalized spacial score (nSPS) is 20.0. The fraction of sp³-hybridized carbons (Fsp3) is 0.571. The fourth-order valence-electron chi connectivity index (χ4n) is 2.56. The second kappa shape index (κ2) is 6.78. The van der Waals surface area contributed by atoms with E-state index in [4.69, 9.17) is 0 Å². The molecule has 1 N–H and O–H groups in total. The Hall–Kier alpha value is -1.79. The van der Waals surface area contributed by atoms with E-state index in [-0.39, 0.29) is 6.04 Å². The first-order chi connectivity index (χ1) is 9.97. The van der Waals surface area contributed by atoms with Crippen LogP contribution in [0.1, 0.15) is 37.3 Å². The molecule has 4 nitrogen and oxygen atoms in total. The summed E-state index contributed by atoms with van der Waals surface area (Å²) in [4.78, 5) is 17.5. The smallest absolute Gasteiger partial charge is 0.329 e. The highest BCUT2D eigenvalue weighted by molar-refractivity contribution is 5.74. The summed E-state index contributed by atoms with van der Waals surface area (Å²) < 4.78 is 36.7. The Bertz CT molecular complexity index is 464. The number of halogens is 3. The molecule has 1 atom stereocenters. The van der Waals surface area contributed by atoms with Gasteiger partial charge < -0.3 is 10.2 Å². The van der Waals surface area contributed by atoms with Crippen molar-refractivity contribution in [1.29, 1.82) is 0 Å². The van der Waals surface area contributed by atoms with Gasteiger partial charge in [-0.1, -0.05) is 12.8 Å². The highest BCUT2D eigenvalue weighted by Crippen LogP contribution is 2.29. The second-order valence-corrected chi connectivity index (χ2v) is 5.11. The molecular weight excluding hydrogens is 283 g/mol. The molecule has 21 heavy (non-hydrogen) atoms. The lowest BCUT2D eigenvalue weighted by Gasteiger charge is -2.30. The van der Waals surface area contributed by atoms with Gasteiger partial charge in [0.1, 0.15) is 6.54 Å². The van der Waals surface area contributed by atoms with Crippen molar-refractivity contribution in [3.05, 3.63) is 30.1 Å². The van der Waals surface area contributed by atoms with E-state index in [0.29, 0.717) is 6.54 Å². The minimum atomic E-state index is -4.40. The van der Waals surface area contributed by atoms with Crippen LogP contribution in [0.4, 0.5) is 18.0 Å². The third-order valence-electron chi connectivity index (χ3n) is 3.54. The molecule has 2 heterocycles. The lowest BCUT2D eigenvalue weighted by atomic mass is 10.0. The molecule has 1 aliphatic heterocycles. The molecule has 0 spiro atoms. The van der Waals surface area contributed by atoms with E-state index in [1.165, 1.54) is 4.90 Å². The SMILES string of the molecule is O=C(NCC(F)(F)F)N1CCCCC[C@@H]1c1ccncc1. The van der Waals surface area contributed by atoms with Gasteiger partial charge in [-0.25, -0.2) is 4.79 Å². The molecule has 0 aromatic carbocycles. The standard InChI is InChI=1S/C14H18F3N3O/c15-14(16,17)10-19-13(21)20-9-3-1-2-4-12(20)11-5-7-18-8-6-11/h5-8,12H,1-4,9-10H2,(H,19,21)/t12-/m1/s1. The number of nitrogens with zero attached hydrogens (tertiary/aromatic N) is 2. The van der Waals surface area contributed by atoms with Gasteiger partial charge in [-0.15, -0.1) is 0 Å². The molecule has 0 radical (unpaired) electrons. The van der Waals surface area contributed by atoms with Crippen molar-refractivity contribution in [2.45, 2.75) is 37.9 Å². The lowest BCUT2D eigenvalue weighted by Crippen LogP contribution is -2.45. The van der Waals surface area contributed by atoms with Crippen molar-refractivity contribution in [1.82, 2.24) is 15.2 Å². The van der Waals surface area contributed by atoms with Crippen LogP contribution >= 0.6 is 0 Å². The number of hydrogen-bond donors (Lipinski definition) is 1. The van der Waals surface area contributed by atoms with Crippen LogP contribution in [-0.4, -0.2) is 35.2 Å². The third kappa shape index (κ3) is 4.61. The highest BCUT2D eigenvalue weighted by atomic mass is 19.4. The summed E-state index contributed by atoms with van der Waals surface area (Å²) in [6.45, 7) is -0.831. The number of nitrogens with one attached hydrogen (secondary N) is 1. The minimum absolute atomic E-state index is 0.191. The van der Waals surface area contributed by atoms with Crippen molar-refractivity contribution in [2.24, 2.45) is 0 Å². The van der Waals surface area contributed by atoms with Gasteiger partial charge in [-0.05, 0) is 30.5 Å². The van der Waals surface area contributed by atoms with Crippen molar-refractivity contribution < 1.29 is 18.0 Å². The minimum Gasteiger partial charge on any atom is -0.329 e. The number of aromatic nitrogens is 1.